The van der Waals surface area contributed by atoms with Gasteiger partial charge in [0.05, 0.1) is 23.1 Å². The average Bonchev–Trinajstić information content (AvgIpc) is 3.11. The van der Waals surface area contributed by atoms with E-state index >= 15 is 0 Å². The fraction of sp³-hybridized carbons (Fsp3) is 0.462. The number of nitrogen functional groups attached to an aromatic ring is 1. The van der Waals surface area contributed by atoms with Gasteiger partial charge in [0.25, 0.3) is 5.91 Å². The number of likely N-dealkylation sites (tertiary alicyclic amines) is 1. The molecule has 0 spiro atoms. The monoisotopic (exact) mass is 275 g/mol. The normalized spacial score (nSPS) is 18.7. The summed E-state index contributed by atoms with van der Waals surface area (Å²) < 4.78 is 5.30. The van der Waals surface area contributed by atoms with Crippen LogP contribution in [-0.4, -0.2) is 32.7 Å². The molecule has 106 valence electrons. The average molecular weight is 275 g/mol. The quantitative estimate of drug-likeness (QED) is 0.866. The Kier molecular flexibility index (Phi) is 2.96. The molecule has 0 radical (unpaired) electrons. The fourth-order valence-electron chi connectivity index (χ4n) is 2.58. The number of H-pyrrole nitrogens is 1. The molecule has 1 aliphatic rings. The second-order valence-corrected chi connectivity index (χ2v) is 5.14. The molecule has 1 unspecified atom stereocenters. The Labute approximate surface area is 116 Å². The molecular weight excluding hydrogens is 258 g/mol. The van der Waals surface area contributed by atoms with E-state index in [1.54, 1.807) is 11.8 Å². The summed E-state index contributed by atoms with van der Waals surface area (Å²) in [7, 11) is 0. The van der Waals surface area contributed by atoms with Crippen molar-refractivity contribution in [3.05, 3.63) is 28.9 Å². The van der Waals surface area contributed by atoms with Crippen molar-refractivity contribution in [1.29, 1.82) is 0 Å². The van der Waals surface area contributed by atoms with Gasteiger partial charge in [0.2, 0.25) is 0 Å². The maximum Gasteiger partial charge on any atom is 0.277 e. The lowest BCUT2D eigenvalue weighted by Gasteiger charge is -2.21. The zero-order valence-corrected chi connectivity index (χ0v) is 11.5. The first-order valence-electron chi connectivity index (χ1n) is 6.62. The summed E-state index contributed by atoms with van der Waals surface area (Å²) in [5.41, 5.74) is 8.10. The van der Waals surface area contributed by atoms with E-state index in [1.807, 2.05) is 13.0 Å². The summed E-state index contributed by atoms with van der Waals surface area (Å²) in [4.78, 5) is 14.3. The van der Waals surface area contributed by atoms with E-state index in [1.165, 1.54) is 0 Å². The minimum absolute atomic E-state index is 0.0832. The smallest absolute Gasteiger partial charge is 0.277 e. The number of aromatic nitrogens is 3. The number of rotatable bonds is 2. The minimum Gasteiger partial charge on any atom is -0.395 e. The second-order valence-electron chi connectivity index (χ2n) is 5.14. The molecule has 1 atom stereocenters. The third-order valence-electron chi connectivity index (χ3n) is 3.69. The lowest BCUT2D eigenvalue weighted by molar-refractivity contribution is 0.0709. The number of aromatic amines is 1. The summed E-state index contributed by atoms with van der Waals surface area (Å²) in [6, 6.07) is 1.79. The van der Waals surface area contributed by atoms with E-state index in [9.17, 15) is 4.79 Å². The number of carbonyl (C=O) groups is 1. The van der Waals surface area contributed by atoms with E-state index in [0.717, 1.165) is 24.3 Å². The molecule has 3 heterocycles. The molecule has 1 saturated heterocycles. The van der Waals surface area contributed by atoms with Gasteiger partial charge in [-0.05, 0) is 26.7 Å². The first kappa shape index (κ1) is 12.7. The van der Waals surface area contributed by atoms with Crippen LogP contribution in [0.5, 0.6) is 0 Å². The van der Waals surface area contributed by atoms with Gasteiger partial charge in [-0.3, -0.25) is 9.89 Å². The number of amides is 1. The van der Waals surface area contributed by atoms with Crippen LogP contribution in [0, 0.1) is 13.8 Å². The van der Waals surface area contributed by atoms with Crippen LogP contribution < -0.4 is 5.73 Å². The molecule has 1 amide bonds. The highest BCUT2D eigenvalue weighted by Crippen LogP contribution is 2.34. The van der Waals surface area contributed by atoms with Gasteiger partial charge in [0, 0.05) is 12.6 Å². The van der Waals surface area contributed by atoms with Gasteiger partial charge in [-0.2, -0.15) is 5.10 Å². The highest BCUT2D eigenvalue weighted by atomic mass is 16.5. The van der Waals surface area contributed by atoms with Crippen molar-refractivity contribution >= 4 is 11.6 Å². The fourth-order valence-corrected chi connectivity index (χ4v) is 2.58. The highest BCUT2D eigenvalue weighted by molar-refractivity contribution is 5.98. The number of hydrogen-bond donors (Lipinski definition) is 2. The molecule has 3 rings (SSSR count). The van der Waals surface area contributed by atoms with Crippen LogP contribution in [-0.2, 0) is 0 Å². The Hall–Kier alpha value is -2.31. The summed E-state index contributed by atoms with van der Waals surface area (Å²) in [5, 5.41) is 10.6. The van der Waals surface area contributed by atoms with Gasteiger partial charge >= 0.3 is 0 Å². The molecule has 3 N–H and O–H groups in total. The topological polar surface area (TPSA) is 101 Å². The number of nitrogens with zero attached hydrogens (tertiary/aromatic N) is 3. The van der Waals surface area contributed by atoms with Crippen molar-refractivity contribution in [1.82, 2.24) is 20.3 Å². The van der Waals surface area contributed by atoms with Gasteiger partial charge in [0.15, 0.2) is 11.5 Å². The van der Waals surface area contributed by atoms with Crippen LogP contribution in [0.1, 0.15) is 46.5 Å². The van der Waals surface area contributed by atoms with Gasteiger partial charge in [-0.1, -0.05) is 5.16 Å². The van der Waals surface area contributed by atoms with Crippen LogP contribution in [0.15, 0.2) is 10.6 Å². The van der Waals surface area contributed by atoms with E-state index < -0.39 is 0 Å². The van der Waals surface area contributed by atoms with Crippen LogP contribution >= 0.6 is 0 Å². The van der Waals surface area contributed by atoms with Crippen LogP contribution in [0.2, 0.25) is 0 Å². The summed E-state index contributed by atoms with van der Waals surface area (Å²) in [5.74, 6) is 0.558. The largest absolute Gasteiger partial charge is 0.395 e. The Morgan fingerprint density at radius 3 is 2.95 bits per heavy atom. The number of aryl methyl sites for hydroxylation is 2. The summed E-state index contributed by atoms with van der Waals surface area (Å²) in [6.45, 7) is 4.33. The second kappa shape index (κ2) is 4.66. The Morgan fingerprint density at radius 1 is 1.55 bits per heavy atom. The molecule has 0 saturated carbocycles. The van der Waals surface area contributed by atoms with E-state index in [0.29, 0.717) is 17.9 Å². The van der Waals surface area contributed by atoms with Gasteiger partial charge in [-0.15, -0.1) is 0 Å². The first-order chi connectivity index (χ1) is 9.58. The van der Waals surface area contributed by atoms with Gasteiger partial charge in [-0.25, -0.2) is 0 Å². The number of anilines is 1. The molecule has 1 fully saturated rings. The number of nitrogens with two attached hydrogens (primary N) is 1. The molecule has 7 nitrogen and oxygen atoms in total. The molecule has 0 aliphatic carbocycles. The first-order valence-corrected chi connectivity index (χ1v) is 6.62. The van der Waals surface area contributed by atoms with Crippen molar-refractivity contribution in [2.45, 2.75) is 32.7 Å². The third kappa shape index (κ3) is 1.95. The van der Waals surface area contributed by atoms with Gasteiger partial charge in [0.1, 0.15) is 0 Å². The lowest BCUT2D eigenvalue weighted by atomic mass is 10.1. The molecule has 20 heavy (non-hydrogen) atoms. The van der Waals surface area contributed by atoms with Crippen LogP contribution in [0.4, 0.5) is 5.69 Å². The molecular formula is C13H17N5O2. The van der Waals surface area contributed by atoms with Crippen molar-refractivity contribution in [2.75, 3.05) is 12.3 Å². The predicted molar refractivity (Wildman–Crippen MR) is 72.0 cm³/mol. The summed E-state index contributed by atoms with van der Waals surface area (Å²) >= 11 is 0. The van der Waals surface area contributed by atoms with Crippen molar-refractivity contribution < 1.29 is 9.32 Å². The molecule has 1 aliphatic heterocycles. The van der Waals surface area contributed by atoms with Crippen molar-refractivity contribution in [2.24, 2.45) is 0 Å². The molecule has 0 aromatic carbocycles. The van der Waals surface area contributed by atoms with Crippen LogP contribution in [0.25, 0.3) is 0 Å². The number of nitrogens with one attached hydrogen (secondary N) is 1. The van der Waals surface area contributed by atoms with Crippen molar-refractivity contribution in [3.63, 3.8) is 0 Å². The van der Waals surface area contributed by atoms with E-state index in [2.05, 4.69) is 15.4 Å². The third-order valence-corrected chi connectivity index (χ3v) is 3.69. The van der Waals surface area contributed by atoms with Crippen molar-refractivity contribution in [3.8, 4) is 0 Å². The minimum atomic E-state index is -0.164. The zero-order chi connectivity index (χ0) is 14.3. The van der Waals surface area contributed by atoms with Crippen LogP contribution in [0.3, 0.4) is 0 Å². The number of carbonyl (C=O) groups excluding carboxylic acids is 1. The maximum absolute atomic E-state index is 12.6. The van der Waals surface area contributed by atoms with E-state index in [4.69, 9.17) is 10.3 Å². The summed E-state index contributed by atoms with van der Waals surface area (Å²) in [6.07, 6.45) is 1.79. The SMILES string of the molecule is Cc1cc(C2CCCN2C(=O)c2n[nH]c(C)c2N)on1. The molecule has 2 aromatic rings. The number of hydrogen-bond acceptors (Lipinski definition) is 5. The molecule has 7 heteroatoms. The standard InChI is InChI=1S/C13H17N5O2/c1-7-6-10(20-17-7)9-4-3-5-18(9)13(19)12-11(14)8(2)15-16-12/h6,9H,3-5,14H2,1-2H3,(H,15,16). The Morgan fingerprint density at radius 2 is 2.35 bits per heavy atom. The van der Waals surface area contributed by atoms with E-state index in [-0.39, 0.29) is 17.6 Å². The predicted octanol–water partition coefficient (Wildman–Crippen LogP) is 1.57. The molecule has 0 bridgehead atoms. The molecule has 2 aromatic heterocycles. The Bertz CT molecular complexity index is 645. The highest BCUT2D eigenvalue weighted by Gasteiger charge is 2.35. The lowest BCUT2D eigenvalue weighted by Crippen LogP contribution is -2.31. The van der Waals surface area contributed by atoms with Gasteiger partial charge < -0.3 is 15.2 Å². The zero-order valence-electron chi connectivity index (χ0n) is 11.5. The maximum atomic E-state index is 12.6. The Balaban J connectivity index is 1.89.